The van der Waals surface area contributed by atoms with Crippen LogP contribution in [0.15, 0.2) is 42.5 Å². The Bertz CT molecular complexity index is 849. The molecule has 1 aliphatic rings. The minimum absolute atomic E-state index is 0.0165. The number of hydrogen-bond acceptors (Lipinski definition) is 4. The molecule has 0 saturated carbocycles. The number of hydrogen-bond donors (Lipinski definition) is 4. The zero-order chi connectivity index (χ0) is 18.5. The fourth-order valence-corrected chi connectivity index (χ4v) is 2.55. The van der Waals surface area contributed by atoms with Crippen molar-refractivity contribution in [1.29, 1.82) is 0 Å². The molecule has 4 amide bonds. The molecule has 8 heteroatoms. The van der Waals surface area contributed by atoms with Gasteiger partial charge in [-0.05, 0) is 54.4 Å². The fourth-order valence-electron chi connectivity index (χ4n) is 2.55. The summed E-state index contributed by atoms with van der Waals surface area (Å²) in [6.45, 7) is 0. The van der Waals surface area contributed by atoms with Crippen LogP contribution in [0.4, 0.5) is 16.2 Å². The number of anilines is 2. The Kier molecular flexibility index (Phi) is 5.02. The first-order valence-corrected chi connectivity index (χ1v) is 7.99. The van der Waals surface area contributed by atoms with Crippen molar-refractivity contribution in [3.8, 4) is 5.75 Å². The summed E-state index contributed by atoms with van der Waals surface area (Å²) in [5.74, 6) is 0.170. The van der Waals surface area contributed by atoms with Crippen LogP contribution in [0.1, 0.15) is 22.3 Å². The average molecular weight is 354 g/mol. The molecule has 8 nitrogen and oxygen atoms in total. The fraction of sp³-hybridized carbons (Fsp3) is 0.167. The standard InChI is InChI=1S/C18H18N4O4/c1-26-14-6-2-11(3-7-14)17(24)21-22-18(25)19-13-5-8-15-12(10-13)4-9-16(23)20-15/h2-3,5-8,10H,4,9H2,1H3,(H,20,23)(H,21,24)(H2,19,22,25). The highest BCUT2D eigenvalue weighted by atomic mass is 16.5. The van der Waals surface area contributed by atoms with Crippen molar-refractivity contribution in [2.75, 3.05) is 17.7 Å². The molecule has 0 unspecified atom stereocenters. The summed E-state index contributed by atoms with van der Waals surface area (Å²) >= 11 is 0. The number of carbonyl (C=O) groups excluding carboxylic acids is 3. The van der Waals surface area contributed by atoms with Crippen molar-refractivity contribution in [3.05, 3.63) is 53.6 Å². The molecule has 1 aliphatic heterocycles. The highest BCUT2D eigenvalue weighted by Crippen LogP contribution is 2.25. The third kappa shape index (κ3) is 4.10. The van der Waals surface area contributed by atoms with Gasteiger partial charge in [-0.25, -0.2) is 10.2 Å². The van der Waals surface area contributed by atoms with Crippen LogP contribution in [0, 0.1) is 0 Å². The number of amides is 4. The van der Waals surface area contributed by atoms with Gasteiger partial charge in [-0.3, -0.25) is 15.0 Å². The van der Waals surface area contributed by atoms with Crippen LogP contribution in [0.3, 0.4) is 0 Å². The highest BCUT2D eigenvalue weighted by molar-refractivity contribution is 5.98. The zero-order valence-electron chi connectivity index (χ0n) is 14.1. The minimum Gasteiger partial charge on any atom is -0.497 e. The SMILES string of the molecule is COc1ccc(C(=O)NNC(=O)Nc2ccc3c(c2)CCC(=O)N3)cc1. The van der Waals surface area contributed by atoms with Crippen LogP contribution in [0.5, 0.6) is 5.75 Å². The average Bonchev–Trinajstić information content (AvgIpc) is 2.66. The lowest BCUT2D eigenvalue weighted by molar-refractivity contribution is -0.116. The summed E-state index contributed by atoms with van der Waals surface area (Å²) in [6, 6.07) is 11.1. The number of benzene rings is 2. The van der Waals surface area contributed by atoms with Crippen LogP contribution in [0.2, 0.25) is 0 Å². The first-order valence-electron chi connectivity index (χ1n) is 7.99. The third-order valence-electron chi connectivity index (χ3n) is 3.90. The molecule has 134 valence electrons. The van der Waals surface area contributed by atoms with E-state index in [0.29, 0.717) is 29.8 Å². The molecule has 0 fully saturated rings. The second kappa shape index (κ2) is 7.56. The van der Waals surface area contributed by atoms with Gasteiger partial charge in [0.25, 0.3) is 5.91 Å². The van der Waals surface area contributed by atoms with Gasteiger partial charge in [0.2, 0.25) is 5.91 Å². The van der Waals surface area contributed by atoms with Gasteiger partial charge in [-0.1, -0.05) is 0 Å². The van der Waals surface area contributed by atoms with E-state index in [1.165, 1.54) is 7.11 Å². The zero-order valence-corrected chi connectivity index (χ0v) is 14.1. The molecule has 0 atom stereocenters. The molecular weight excluding hydrogens is 336 g/mol. The molecule has 0 aromatic heterocycles. The van der Waals surface area contributed by atoms with Crippen LogP contribution in [0.25, 0.3) is 0 Å². The van der Waals surface area contributed by atoms with Crippen LogP contribution in [-0.4, -0.2) is 25.0 Å². The second-order valence-corrected chi connectivity index (χ2v) is 5.68. The topological polar surface area (TPSA) is 109 Å². The summed E-state index contributed by atoms with van der Waals surface area (Å²) in [7, 11) is 1.54. The van der Waals surface area contributed by atoms with Crippen LogP contribution < -0.4 is 26.2 Å². The van der Waals surface area contributed by atoms with Crippen molar-refractivity contribution in [1.82, 2.24) is 10.9 Å². The number of methoxy groups -OCH3 is 1. The number of hydrazine groups is 1. The number of urea groups is 1. The summed E-state index contributed by atoms with van der Waals surface area (Å²) in [6.07, 6.45) is 1.03. The van der Waals surface area contributed by atoms with E-state index >= 15 is 0 Å². The summed E-state index contributed by atoms with van der Waals surface area (Å²) in [5.41, 5.74) is 7.27. The van der Waals surface area contributed by atoms with Crippen molar-refractivity contribution in [2.45, 2.75) is 12.8 Å². The van der Waals surface area contributed by atoms with E-state index in [1.807, 2.05) is 0 Å². The Hall–Kier alpha value is -3.55. The van der Waals surface area contributed by atoms with Crippen molar-refractivity contribution < 1.29 is 19.1 Å². The Balaban J connectivity index is 1.54. The van der Waals surface area contributed by atoms with E-state index in [1.54, 1.807) is 42.5 Å². The molecule has 0 aliphatic carbocycles. The monoisotopic (exact) mass is 354 g/mol. The summed E-state index contributed by atoms with van der Waals surface area (Å²) in [5, 5.41) is 5.40. The Morgan fingerprint density at radius 1 is 1.04 bits per heavy atom. The number of nitrogens with one attached hydrogen (secondary N) is 4. The van der Waals surface area contributed by atoms with Gasteiger partial charge >= 0.3 is 6.03 Å². The largest absolute Gasteiger partial charge is 0.497 e. The first-order chi connectivity index (χ1) is 12.5. The summed E-state index contributed by atoms with van der Waals surface area (Å²) < 4.78 is 5.02. The van der Waals surface area contributed by atoms with Crippen molar-refractivity contribution in [2.24, 2.45) is 0 Å². The number of fused-ring (bicyclic) bond motifs is 1. The normalized spacial score (nSPS) is 12.4. The lowest BCUT2D eigenvalue weighted by atomic mass is 10.0. The molecule has 0 bridgehead atoms. The maximum absolute atomic E-state index is 12.0. The Labute approximate surface area is 149 Å². The van der Waals surface area contributed by atoms with Gasteiger partial charge in [0.15, 0.2) is 0 Å². The molecule has 0 radical (unpaired) electrons. The van der Waals surface area contributed by atoms with E-state index in [9.17, 15) is 14.4 Å². The summed E-state index contributed by atoms with van der Waals surface area (Å²) in [4.78, 5) is 35.3. The Morgan fingerprint density at radius 2 is 1.81 bits per heavy atom. The molecule has 4 N–H and O–H groups in total. The number of carbonyl (C=O) groups is 3. The van der Waals surface area contributed by atoms with Gasteiger partial charge in [0, 0.05) is 23.4 Å². The number of rotatable bonds is 3. The van der Waals surface area contributed by atoms with E-state index in [4.69, 9.17) is 4.74 Å². The molecule has 26 heavy (non-hydrogen) atoms. The lowest BCUT2D eigenvalue weighted by Gasteiger charge is -2.18. The van der Waals surface area contributed by atoms with E-state index in [2.05, 4.69) is 21.5 Å². The first kappa shape index (κ1) is 17.3. The molecule has 0 saturated heterocycles. The molecule has 1 heterocycles. The quantitative estimate of drug-likeness (QED) is 0.633. The Morgan fingerprint density at radius 3 is 2.54 bits per heavy atom. The van der Waals surface area contributed by atoms with Crippen molar-refractivity contribution in [3.63, 3.8) is 0 Å². The predicted octanol–water partition coefficient (Wildman–Crippen LogP) is 2.05. The molecule has 2 aromatic rings. The van der Waals surface area contributed by atoms with Gasteiger partial charge in [-0.2, -0.15) is 0 Å². The molecule has 3 rings (SSSR count). The number of aryl methyl sites for hydroxylation is 1. The molecule has 2 aromatic carbocycles. The van der Waals surface area contributed by atoms with E-state index in [0.717, 1.165) is 11.3 Å². The maximum Gasteiger partial charge on any atom is 0.337 e. The van der Waals surface area contributed by atoms with Gasteiger partial charge < -0.3 is 15.4 Å². The van der Waals surface area contributed by atoms with E-state index < -0.39 is 11.9 Å². The predicted molar refractivity (Wildman–Crippen MR) is 96.0 cm³/mol. The smallest absolute Gasteiger partial charge is 0.337 e. The van der Waals surface area contributed by atoms with Gasteiger partial charge in [-0.15, -0.1) is 0 Å². The molecule has 0 spiro atoms. The minimum atomic E-state index is -0.577. The van der Waals surface area contributed by atoms with Crippen LogP contribution in [-0.2, 0) is 11.2 Å². The third-order valence-corrected chi connectivity index (χ3v) is 3.90. The number of ether oxygens (including phenoxy) is 1. The van der Waals surface area contributed by atoms with E-state index in [-0.39, 0.29) is 5.91 Å². The van der Waals surface area contributed by atoms with Gasteiger partial charge in [0.1, 0.15) is 5.75 Å². The van der Waals surface area contributed by atoms with Crippen LogP contribution >= 0.6 is 0 Å². The molecular formula is C18H18N4O4. The van der Waals surface area contributed by atoms with Gasteiger partial charge in [0.05, 0.1) is 7.11 Å². The second-order valence-electron chi connectivity index (χ2n) is 5.68. The van der Waals surface area contributed by atoms with Crippen molar-refractivity contribution >= 4 is 29.2 Å². The highest BCUT2D eigenvalue weighted by Gasteiger charge is 2.15. The lowest BCUT2D eigenvalue weighted by Crippen LogP contribution is -2.43. The maximum atomic E-state index is 12.0.